The van der Waals surface area contributed by atoms with Crippen molar-refractivity contribution in [2.24, 2.45) is 7.05 Å². The third kappa shape index (κ3) is 2.30. The minimum absolute atomic E-state index is 0.00949. The minimum atomic E-state index is -0.588. The molecule has 0 radical (unpaired) electrons. The lowest BCUT2D eigenvalue weighted by Gasteiger charge is -2.03. The van der Waals surface area contributed by atoms with Gasteiger partial charge in [-0.1, -0.05) is 5.10 Å². The average Bonchev–Trinajstić information content (AvgIpc) is 2.63. The number of hydrogen-bond donors (Lipinski definition) is 3. The van der Waals surface area contributed by atoms with Gasteiger partial charge in [-0.25, -0.2) is 0 Å². The van der Waals surface area contributed by atoms with Crippen LogP contribution < -0.4 is 5.32 Å². The van der Waals surface area contributed by atoms with Crippen molar-refractivity contribution in [3.63, 3.8) is 0 Å². The molecule has 2 aromatic rings. The predicted octanol–water partition coefficient (Wildman–Crippen LogP) is -0.126. The van der Waals surface area contributed by atoms with Gasteiger partial charge in [0.05, 0.1) is 12.6 Å². The first kappa shape index (κ1) is 10.9. The van der Waals surface area contributed by atoms with Gasteiger partial charge in [0.1, 0.15) is 11.5 Å². The molecule has 0 aliphatic heterocycles. The van der Waals surface area contributed by atoms with Crippen LogP contribution >= 0.6 is 0 Å². The van der Waals surface area contributed by atoms with Gasteiger partial charge in [-0.2, -0.15) is 4.80 Å². The fourth-order valence-electron chi connectivity index (χ4n) is 1.22. The van der Waals surface area contributed by atoms with Crippen LogP contribution in [0.5, 0.6) is 11.5 Å². The lowest BCUT2D eigenvalue weighted by molar-refractivity contribution is 0.102. The number of phenolic OH excluding ortho intramolecular Hbond substituents is 2. The van der Waals surface area contributed by atoms with Crippen LogP contribution in [0.2, 0.25) is 0 Å². The first-order chi connectivity index (χ1) is 8.06. The Morgan fingerprint density at radius 1 is 1.41 bits per heavy atom. The number of tetrazole rings is 1. The lowest BCUT2D eigenvalue weighted by atomic mass is 10.2. The van der Waals surface area contributed by atoms with Crippen LogP contribution in [-0.2, 0) is 7.05 Å². The Kier molecular flexibility index (Phi) is 2.61. The number of aromatic hydroxyl groups is 2. The number of carbonyl (C=O) groups is 1. The maximum absolute atomic E-state index is 11.7. The largest absolute Gasteiger partial charge is 0.508 e. The van der Waals surface area contributed by atoms with E-state index in [2.05, 4.69) is 20.7 Å². The van der Waals surface area contributed by atoms with Crippen LogP contribution in [0.4, 0.5) is 5.95 Å². The molecular weight excluding hydrogens is 226 g/mol. The maximum Gasteiger partial charge on any atom is 0.270 e. The van der Waals surface area contributed by atoms with Crippen molar-refractivity contribution in [1.29, 1.82) is 0 Å². The molecule has 0 fully saturated rings. The molecule has 17 heavy (non-hydrogen) atoms. The highest BCUT2D eigenvalue weighted by Gasteiger charge is 2.13. The normalized spacial score (nSPS) is 10.2. The summed E-state index contributed by atoms with van der Waals surface area (Å²) >= 11 is 0. The van der Waals surface area contributed by atoms with Crippen molar-refractivity contribution >= 4 is 11.9 Å². The van der Waals surface area contributed by atoms with Crippen LogP contribution in [0.15, 0.2) is 18.2 Å². The molecule has 88 valence electrons. The smallest absolute Gasteiger partial charge is 0.270 e. The van der Waals surface area contributed by atoms with Gasteiger partial charge >= 0.3 is 0 Å². The average molecular weight is 235 g/mol. The molecule has 0 bridgehead atoms. The van der Waals surface area contributed by atoms with Gasteiger partial charge in [-0.3, -0.25) is 10.1 Å². The van der Waals surface area contributed by atoms with Gasteiger partial charge in [-0.15, -0.1) is 5.10 Å². The van der Waals surface area contributed by atoms with Gasteiger partial charge in [0.2, 0.25) is 0 Å². The lowest BCUT2D eigenvalue weighted by Crippen LogP contribution is -2.13. The molecule has 0 aliphatic rings. The summed E-state index contributed by atoms with van der Waals surface area (Å²) in [5.74, 6) is -1.01. The third-order valence-electron chi connectivity index (χ3n) is 1.96. The number of phenols is 2. The molecule has 8 heteroatoms. The van der Waals surface area contributed by atoms with E-state index >= 15 is 0 Å². The van der Waals surface area contributed by atoms with E-state index < -0.39 is 5.91 Å². The summed E-state index contributed by atoms with van der Waals surface area (Å²) in [6.45, 7) is 0. The van der Waals surface area contributed by atoms with Gasteiger partial charge in [-0.05, 0) is 17.3 Å². The molecule has 2 rings (SSSR count). The van der Waals surface area contributed by atoms with Crippen molar-refractivity contribution in [3.05, 3.63) is 23.8 Å². The molecule has 0 spiro atoms. The molecular formula is C9H9N5O3. The number of anilines is 1. The Bertz CT molecular complexity index is 566. The number of aromatic nitrogens is 4. The summed E-state index contributed by atoms with van der Waals surface area (Å²) in [5, 5.41) is 31.8. The number of benzene rings is 1. The van der Waals surface area contributed by atoms with Gasteiger partial charge in [0, 0.05) is 6.07 Å². The highest BCUT2D eigenvalue weighted by atomic mass is 16.3. The number of nitrogens with zero attached hydrogens (tertiary/aromatic N) is 4. The molecule has 0 saturated carbocycles. The Morgan fingerprint density at radius 2 is 2.18 bits per heavy atom. The van der Waals surface area contributed by atoms with Gasteiger partial charge < -0.3 is 10.2 Å². The number of amides is 1. The van der Waals surface area contributed by atoms with Gasteiger partial charge in [0.15, 0.2) is 0 Å². The van der Waals surface area contributed by atoms with Crippen molar-refractivity contribution in [3.8, 4) is 11.5 Å². The first-order valence-electron chi connectivity index (χ1n) is 4.63. The Morgan fingerprint density at radius 3 is 2.76 bits per heavy atom. The Balaban J connectivity index is 2.20. The van der Waals surface area contributed by atoms with E-state index in [1.165, 1.54) is 16.9 Å². The summed E-state index contributed by atoms with van der Waals surface area (Å²) in [5.41, 5.74) is 0.00949. The van der Waals surface area contributed by atoms with Crippen molar-refractivity contribution < 1.29 is 15.0 Å². The van der Waals surface area contributed by atoms with Crippen LogP contribution in [0, 0.1) is 0 Å². The van der Waals surface area contributed by atoms with Gasteiger partial charge in [0.25, 0.3) is 11.9 Å². The van der Waals surface area contributed by atoms with Crippen LogP contribution in [0.1, 0.15) is 10.4 Å². The third-order valence-corrected chi connectivity index (χ3v) is 1.96. The molecule has 0 unspecified atom stereocenters. The van der Waals surface area contributed by atoms with Crippen LogP contribution in [0.3, 0.4) is 0 Å². The number of carbonyl (C=O) groups excluding carboxylic acids is 1. The quantitative estimate of drug-likeness (QED) is 0.668. The van der Waals surface area contributed by atoms with E-state index in [4.69, 9.17) is 5.11 Å². The molecule has 1 aromatic carbocycles. The van der Waals surface area contributed by atoms with Crippen LogP contribution in [0.25, 0.3) is 0 Å². The minimum Gasteiger partial charge on any atom is -0.508 e. The number of aryl methyl sites for hydroxylation is 1. The van der Waals surface area contributed by atoms with E-state index in [1.807, 2.05) is 0 Å². The zero-order chi connectivity index (χ0) is 12.4. The molecule has 8 nitrogen and oxygen atoms in total. The summed E-state index contributed by atoms with van der Waals surface area (Å²) in [4.78, 5) is 12.9. The second kappa shape index (κ2) is 4.08. The fourth-order valence-corrected chi connectivity index (χ4v) is 1.22. The van der Waals surface area contributed by atoms with E-state index in [-0.39, 0.29) is 23.0 Å². The number of hydrogen-bond acceptors (Lipinski definition) is 6. The molecule has 0 aliphatic carbocycles. The summed E-state index contributed by atoms with van der Waals surface area (Å²) < 4.78 is 0. The van der Waals surface area contributed by atoms with E-state index in [0.717, 1.165) is 6.07 Å². The Hall–Kier alpha value is -2.64. The summed E-state index contributed by atoms with van der Waals surface area (Å²) in [7, 11) is 1.56. The topological polar surface area (TPSA) is 113 Å². The van der Waals surface area contributed by atoms with Crippen molar-refractivity contribution in [2.75, 3.05) is 5.32 Å². The first-order valence-corrected chi connectivity index (χ1v) is 4.63. The zero-order valence-corrected chi connectivity index (χ0v) is 8.82. The molecule has 1 heterocycles. The number of nitrogens with one attached hydrogen (secondary N) is 1. The summed E-state index contributed by atoms with van der Waals surface area (Å²) in [6.07, 6.45) is 0. The van der Waals surface area contributed by atoms with Crippen molar-refractivity contribution in [2.45, 2.75) is 0 Å². The summed E-state index contributed by atoms with van der Waals surface area (Å²) in [6, 6.07) is 3.65. The van der Waals surface area contributed by atoms with Crippen molar-refractivity contribution in [1.82, 2.24) is 20.2 Å². The molecule has 3 N–H and O–H groups in total. The van der Waals surface area contributed by atoms with E-state index in [0.29, 0.717) is 0 Å². The molecule has 0 saturated heterocycles. The highest BCUT2D eigenvalue weighted by molar-refractivity contribution is 6.05. The van der Waals surface area contributed by atoms with E-state index in [9.17, 15) is 9.90 Å². The zero-order valence-electron chi connectivity index (χ0n) is 8.82. The molecule has 1 amide bonds. The monoisotopic (exact) mass is 235 g/mol. The van der Waals surface area contributed by atoms with E-state index in [1.54, 1.807) is 7.05 Å². The second-order valence-corrected chi connectivity index (χ2v) is 3.26. The molecule has 0 atom stereocenters. The number of rotatable bonds is 2. The highest BCUT2D eigenvalue weighted by Crippen LogP contribution is 2.22. The standard InChI is InChI=1S/C9H9N5O3/c1-14-12-9(11-13-14)10-8(17)6-3-2-5(15)4-7(6)16/h2-4,15-16H,1H3,(H,10,12,17). The fraction of sp³-hybridized carbons (Fsp3) is 0.111. The Labute approximate surface area is 95.5 Å². The second-order valence-electron chi connectivity index (χ2n) is 3.26. The van der Waals surface area contributed by atoms with Crippen LogP contribution in [-0.4, -0.2) is 36.3 Å². The predicted molar refractivity (Wildman–Crippen MR) is 56.5 cm³/mol. The SMILES string of the molecule is Cn1nnc(NC(=O)c2ccc(O)cc2O)n1. The maximum atomic E-state index is 11.7. The molecule has 1 aromatic heterocycles.